The minimum atomic E-state index is -0.196. The quantitative estimate of drug-likeness (QED) is 0.112. The molecule has 1 aliphatic rings. The lowest BCUT2D eigenvalue weighted by atomic mass is 9.81. The molecule has 0 N–H and O–H groups in total. The molecule has 1 heteroatoms. The molecule has 1 aliphatic carbocycles. The summed E-state index contributed by atoms with van der Waals surface area (Å²) < 4.78 is 6.73. The summed E-state index contributed by atoms with van der Waals surface area (Å²) >= 11 is 0. The average Bonchev–Trinajstić information content (AvgIpc) is 3.73. The zero-order chi connectivity index (χ0) is 39.1. The Bertz CT molecular complexity index is 2860. The molecule has 1 heterocycles. The third-order valence-electron chi connectivity index (χ3n) is 12.2. The van der Waals surface area contributed by atoms with Gasteiger partial charge in [-0.1, -0.05) is 166 Å². The molecule has 0 spiro atoms. The number of rotatable bonds is 8. The highest BCUT2D eigenvalue weighted by molar-refractivity contribution is 6.21. The van der Waals surface area contributed by atoms with Crippen molar-refractivity contribution in [2.24, 2.45) is 0 Å². The third-order valence-corrected chi connectivity index (χ3v) is 12.2. The molecule has 7 aromatic rings. The maximum absolute atomic E-state index is 6.73. The van der Waals surface area contributed by atoms with Gasteiger partial charge in [-0.25, -0.2) is 0 Å². The summed E-state index contributed by atoms with van der Waals surface area (Å²) in [4.78, 5) is 0. The first-order valence-corrected chi connectivity index (χ1v) is 20.2. The van der Waals surface area contributed by atoms with Crippen molar-refractivity contribution in [2.45, 2.75) is 73.6 Å². The number of furan rings is 1. The second kappa shape index (κ2) is 15.0. The van der Waals surface area contributed by atoms with Gasteiger partial charge < -0.3 is 4.42 Å². The molecule has 0 atom stereocenters. The number of allylic oxidation sites excluding steroid dienone is 14. The molecule has 0 unspecified atom stereocenters. The van der Waals surface area contributed by atoms with Crippen LogP contribution in [0.25, 0.3) is 65.4 Å². The van der Waals surface area contributed by atoms with E-state index in [4.69, 9.17) is 4.42 Å². The van der Waals surface area contributed by atoms with Crippen LogP contribution in [0.15, 0.2) is 172 Å². The SMILES string of the molecule is C\C=C/C=C(C)/C(C)=C/C(=C/C=C(\C)c1c2ccccc2c(/C(C)=C/C=C2\Cc3c(c4oc5ccccc5c4c4ccccc34)C2(C)C)c2ccccc12)CC. The lowest BCUT2D eigenvalue weighted by molar-refractivity contribution is 0.613. The molecular weight excluding hydrogens is 677 g/mol. The van der Waals surface area contributed by atoms with Crippen LogP contribution in [-0.4, -0.2) is 0 Å². The molecule has 56 heavy (non-hydrogen) atoms. The Morgan fingerprint density at radius 2 is 1.16 bits per heavy atom. The molecule has 8 rings (SSSR count). The normalized spacial score (nSPS) is 16.5. The standard InChI is InChI=1S/C55H52O/c1-9-11-20-35(3)38(6)33-39(10-2)31-29-36(4)50-43-23-14-16-25-45(43)51(46-26-17-15-24-44(46)50)37(5)30-32-40-34-48-41-21-12-13-22-42(41)52-47-27-18-19-28-49(47)56-54(52)53(48)55(40,7)8/h9,11-33H,10,34H2,1-8H3/b11-9-,35-20+,36-29+,37-30+,38-33+,39-31+,40-32+. The van der Waals surface area contributed by atoms with Crippen molar-refractivity contribution in [1.29, 1.82) is 0 Å². The van der Waals surface area contributed by atoms with Crippen molar-refractivity contribution in [3.8, 4) is 0 Å². The van der Waals surface area contributed by atoms with E-state index in [9.17, 15) is 0 Å². The summed E-state index contributed by atoms with van der Waals surface area (Å²) in [6.45, 7) is 18.0. The highest BCUT2D eigenvalue weighted by Crippen LogP contribution is 2.51. The van der Waals surface area contributed by atoms with Crippen molar-refractivity contribution in [1.82, 2.24) is 0 Å². The van der Waals surface area contributed by atoms with E-state index in [1.807, 2.05) is 0 Å². The maximum Gasteiger partial charge on any atom is 0.140 e. The lowest BCUT2D eigenvalue weighted by Crippen LogP contribution is -2.15. The molecule has 0 aliphatic heterocycles. The van der Waals surface area contributed by atoms with E-state index in [0.29, 0.717) is 0 Å². The summed E-state index contributed by atoms with van der Waals surface area (Å²) in [7, 11) is 0. The monoisotopic (exact) mass is 728 g/mol. The van der Waals surface area contributed by atoms with Gasteiger partial charge in [0.05, 0.1) is 0 Å². The highest BCUT2D eigenvalue weighted by atomic mass is 16.3. The second-order valence-electron chi connectivity index (χ2n) is 16.0. The van der Waals surface area contributed by atoms with Gasteiger partial charge in [-0.2, -0.15) is 0 Å². The number of hydrogen-bond acceptors (Lipinski definition) is 1. The van der Waals surface area contributed by atoms with Crippen LogP contribution in [0.1, 0.15) is 84.1 Å². The first kappa shape index (κ1) is 37.0. The summed E-state index contributed by atoms with van der Waals surface area (Å²) in [5, 5.41) is 10.2. The Morgan fingerprint density at radius 1 is 0.625 bits per heavy atom. The van der Waals surface area contributed by atoms with Gasteiger partial charge in [0, 0.05) is 21.8 Å². The highest BCUT2D eigenvalue weighted by Gasteiger charge is 2.39. The van der Waals surface area contributed by atoms with E-state index >= 15 is 0 Å². The van der Waals surface area contributed by atoms with Crippen molar-refractivity contribution in [2.75, 3.05) is 0 Å². The maximum atomic E-state index is 6.73. The van der Waals surface area contributed by atoms with E-state index in [-0.39, 0.29) is 5.41 Å². The molecule has 0 saturated carbocycles. The summed E-state index contributed by atoms with van der Waals surface area (Å²) in [5.41, 5.74) is 14.9. The van der Waals surface area contributed by atoms with Crippen LogP contribution in [0, 0.1) is 0 Å². The van der Waals surface area contributed by atoms with Gasteiger partial charge >= 0.3 is 0 Å². The zero-order valence-corrected chi connectivity index (χ0v) is 34.2. The lowest BCUT2D eigenvalue weighted by Gasteiger charge is -2.22. The fourth-order valence-electron chi connectivity index (χ4n) is 9.04. The molecule has 0 radical (unpaired) electrons. The molecule has 1 aromatic heterocycles. The van der Waals surface area contributed by atoms with Gasteiger partial charge in [-0.05, 0) is 130 Å². The van der Waals surface area contributed by atoms with Gasteiger partial charge in [-0.3, -0.25) is 0 Å². The first-order valence-electron chi connectivity index (χ1n) is 20.2. The Morgan fingerprint density at radius 3 is 1.75 bits per heavy atom. The average molecular weight is 729 g/mol. The van der Waals surface area contributed by atoms with Crippen LogP contribution in [0.4, 0.5) is 0 Å². The topological polar surface area (TPSA) is 13.1 Å². The van der Waals surface area contributed by atoms with Crippen LogP contribution < -0.4 is 0 Å². The number of benzene rings is 6. The third kappa shape index (κ3) is 6.30. The summed E-state index contributed by atoms with van der Waals surface area (Å²) in [5.74, 6) is 0. The van der Waals surface area contributed by atoms with Crippen molar-refractivity contribution < 1.29 is 4.42 Å². The van der Waals surface area contributed by atoms with Gasteiger partial charge in [0.2, 0.25) is 0 Å². The molecule has 0 amide bonds. The Balaban J connectivity index is 1.24. The molecule has 6 aromatic carbocycles. The smallest absolute Gasteiger partial charge is 0.140 e. The van der Waals surface area contributed by atoms with E-state index in [0.717, 1.165) is 24.0 Å². The van der Waals surface area contributed by atoms with Crippen molar-refractivity contribution in [3.63, 3.8) is 0 Å². The zero-order valence-electron chi connectivity index (χ0n) is 34.2. The Hall–Kier alpha value is -5.92. The van der Waals surface area contributed by atoms with Crippen LogP contribution >= 0.6 is 0 Å². The Labute approximate surface area is 332 Å². The fourth-order valence-corrected chi connectivity index (χ4v) is 9.04. The summed E-state index contributed by atoms with van der Waals surface area (Å²) in [6, 6.07) is 35.3. The van der Waals surface area contributed by atoms with Gasteiger partial charge in [0.15, 0.2) is 0 Å². The molecule has 0 fully saturated rings. The molecule has 0 bridgehead atoms. The predicted molar refractivity (Wildman–Crippen MR) is 245 cm³/mol. The van der Waals surface area contributed by atoms with Gasteiger partial charge in [-0.15, -0.1) is 0 Å². The largest absolute Gasteiger partial charge is 0.456 e. The number of hydrogen-bond donors (Lipinski definition) is 0. The molecule has 1 nitrogen and oxygen atoms in total. The summed E-state index contributed by atoms with van der Waals surface area (Å²) in [6.07, 6.45) is 20.0. The molecule has 0 saturated heterocycles. The number of para-hydroxylation sites is 1. The van der Waals surface area contributed by atoms with E-state index < -0.39 is 0 Å². The van der Waals surface area contributed by atoms with Gasteiger partial charge in [0.1, 0.15) is 11.2 Å². The first-order chi connectivity index (χ1) is 27.1. The van der Waals surface area contributed by atoms with Crippen LogP contribution in [0.3, 0.4) is 0 Å². The minimum Gasteiger partial charge on any atom is -0.456 e. The Kier molecular flexibility index (Phi) is 9.89. The van der Waals surface area contributed by atoms with Gasteiger partial charge in [0.25, 0.3) is 0 Å². The molecular formula is C55H52O. The fraction of sp³-hybridized carbons (Fsp3) is 0.200. The number of fused-ring (bicyclic) bond motifs is 10. The predicted octanol–water partition coefficient (Wildman–Crippen LogP) is 16.1. The van der Waals surface area contributed by atoms with Crippen LogP contribution in [-0.2, 0) is 11.8 Å². The van der Waals surface area contributed by atoms with Crippen LogP contribution in [0.2, 0.25) is 0 Å². The van der Waals surface area contributed by atoms with E-state index in [1.54, 1.807) is 0 Å². The van der Waals surface area contributed by atoms with Crippen LogP contribution in [0.5, 0.6) is 0 Å². The molecule has 278 valence electrons. The second-order valence-corrected chi connectivity index (χ2v) is 16.0. The van der Waals surface area contributed by atoms with E-state index in [1.165, 1.54) is 98.8 Å². The van der Waals surface area contributed by atoms with Crippen molar-refractivity contribution in [3.05, 3.63) is 190 Å². The van der Waals surface area contributed by atoms with E-state index in [2.05, 4.69) is 201 Å². The minimum absolute atomic E-state index is 0.196. The van der Waals surface area contributed by atoms with Crippen molar-refractivity contribution >= 4 is 65.4 Å².